The molecule has 2 saturated carbocycles. The SMILES string of the molecule is O=C(O)CC1CCC2(CC1)CC2. The first-order valence-corrected chi connectivity index (χ1v) is 4.92. The van der Waals surface area contributed by atoms with Gasteiger partial charge in [0.2, 0.25) is 0 Å². The molecule has 0 saturated heterocycles. The summed E-state index contributed by atoms with van der Waals surface area (Å²) in [4.78, 5) is 10.4. The van der Waals surface area contributed by atoms with E-state index in [1.807, 2.05) is 0 Å². The molecular weight excluding hydrogens is 152 g/mol. The zero-order valence-corrected chi connectivity index (χ0v) is 7.38. The van der Waals surface area contributed by atoms with Crippen molar-refractivity contribution in [2.24, 2.45) is 11.3 Å². The average Bonchev–Trinajstić information content (AvgIpc) is 2.75. The van der Waals surface area contributed by atoms with Crippen molar-refractivity contribution in [3.63, 3.8) is 0 Å². The second-order valence-corrected chi connectivity index (χ2v) is 4.54. The van der Waals surface area contributed by atoms with Gasteiger partial charge < -0.3 is 5.11 Å². The van der Waals surface area contributed by atoms with E-state index in [9.17, 15) is 4.79 Å². The van der Waals surface area contributed by atoms with Crippen LogP contribution in [-0.2, 0) is 4.79 Å². The van der Waals surface area contributed by atoms with Crippen LogP contribution in [0.15, 0.2) is 0 Å². The quantitative estimate of drug-likeness (QED) is 0.687. The maximum absolute atomic E-state index is 10.4. The van der Waals surface area contributed by atoms with E-state index < -0.39 is 5.97 Å². The standard InChI is InChI=1S/C10H16O2/c11-9(12)7-8-1-3-10(4-2-8)5-6-10/h8H,1-7H2,(H,11,12). The summed E-state index contributed by atoms with van der Waals surface area (Å²) >= 11 is 0. The van der Waals surface area contributed by atoms with Gasteiger partial charge in [0.05, 0.1) is 0 Å². The molecule has 0 heterocycles. The summed E-state index contributed by atoms with van der Waals surface area (Å²) in [5, 5.41) is 8.61. The predicted octanol–water partition coefficient (Wildman–Crippen LogP) is 2.43. The maximum Gasteiger partial charge on any atom is 0.303 e. The molecule has 0 aromatic carbocycles. The minimum absolute atomic E-state index is 0.399. The van der Waals surface area contributed by atoms with Gasteiger partial charge in [-0.2, -0.15) is 0 Å². The molecule has 0 aromatic heterocycles. The fourth-order valence-corrected chi connectivity index (χ4v) is 2.42. The van der Waals surface area contributed by atoms with Crippen molar-refractivity contribution in [2.45, 2.75) is 44.9 Å². The summed E-state index contributed by atoms with van der Waals surface area (Å²) in [7, 11) is 0. The van der Waals surface area contributed by atoms with Crippen molar-refractivity contribution in [1.29, 1.82) is 0 Å². The van der Waals surface area contributed by atoms with Gasteiger partial charge in [0, 0.05) is 6.42 Å². The maximum atomic E-state index is 10.4. The smallest absolute Gasteiger partial charge is 0.303 e. The third-order valence-electron chi connectivity index (χ3n) is 3.59. The molecule has 0 atom stereocenters. The Kier molecular flexibility index (Phi) is 1.85. The summed E-state index contributed by atoms with van der Waals surface area (Å²) in [5.74, 6) is -0.138. The van der Waals surface area contributed by atoms with E-state index in [1.165, 1.54) is 25.7 Å². The minimum Gasteiger partial charge on any atom is -0.481 e. The predicted molar refractivity (Wildman–Crippen MR) is 45.9 cm³/mol. The van der Waals surface area contributed by atoms with E-state index >= 15 is 0 Å². The van der Waals surface area contributed by atoms with Crippen molar-refractivity contribution in [3.05, 3.63) is 0 Å². The molecule has 0 unspecified atom stereocenters. The van der Waals surface area contributed by atoms with Crippen molar-refractivity contribution in [1.82, 2.24) is 0 Å². The van der Waals surface area contributed by atoms with Gasteiger partial charge in [-0.25, -0.2) is 0 Å². The van der Waals surface area contributed by atoms with E-state index in [-0.39, 0.29) is 0 Å². The highest BCUT2D eigenvalue weighted by Crippen LogP contribution is 2.57. The fourth-order valence-electron chi connectivity index (χ4n) is 2.42. The molecule has 2 rings (SSSR count). The number of hydrogen-bond acceptors (Lipinski definition) is 1. The van der Waals surface area contributed by atoms with Gasteiger partial charge in [-0.1, -0.05) is 0 Å². The molecule has 68 valence electrons. The van der Waals surface area contributed by atoms with E-state index in [0.717, 1.165) is 12.8 Å². The molecule has 2 nitrogen and oxygen atoms in total. The second-order valence-electron chi connectivity index (χ2n) is 4.54. The van der Waals surface area contributed by atoms with Crippen LogP contribution in [0.1, 0.15) is 44.9 Å². The molecule has 2 fully saturated rings. The number of aliphatic carboxylic acids is 1. The Bertz CT molecular complexity index is 184. The van der Waals surface area contributed by atoms with Crippen LogP contribution in [0.2, 0.25) is 0 Å². The summed E-state index contributed by atoms with van der Waals surface area (Å²) in [6.45, 7) is 0. The van der Waals surface area contributed by atoms with Gasteiger partial charge in [-0.3, -0.25) is 4.79 Å². The van der Waals surface area contributed by atoms with Gasteiger partial charge in [0.25, 0.3) is 0 Å². The number of carboxylic acid groups (broad SMARTS) is 1. The molecular formula is C10H16O2. The van der Waals surface area contributed by atoms with Crippen molar-refractivity contribution in [3.8, 4) is 0 Å². The second kappa shape index (κ2) is 2.75. The van der Waals surface area contributed by atoms with Crippen molar-refractivity contribution in [2.75, 3.05) is 0 Å². The summed E-state index contributed by atoms with van der Waals surface area (Å²) in [6, 6.07) is 0. The molecule has 0 aliphatic heterocycles. The van der Waals surface area contributed by atoms with Crippen LogP contribution in [0, 0.1) is 11.3 Å². The van der Waals surface area contributed by atoms with Gasteiger partial charge in [-0.15, -0.1) is 0 Å². The number of carboxylic acids is 1. The molecule has 1 N–H and O–H groups in total. The van der Waals surface area contributed by atoms with Crippen LogP contribution >= 0.6 is 0 Å². The largest absolute Gasteiger partial charge is 0.481 e. The molecule has 2 heteroatoms. The van der Waals surface area contributed by atoms with Crippen LogP contribution in [0.3, 0.4) is 0 Å². The molecule has 12 heavy (non-hydrogen) atoms. The number of rotatable bonds is 2. The normalized spacial score (nSPS) is 27.3. The zero-order valence-electron chi connectivity index (χ0n) is 7.38. The van der Waals surface area contributed by atoms with Gasteiger partial charge in [0.15, 0.2) is 0 Å². The number of carbonyl (C=O) groups is 1. The third kappa shape index (κ3) is 1.62. The Morgan fingerprint density at radius 2 is 1.83 bits per heavy atom. The molecule has 0 radical (unpaired) electrons. The first-order valence-electron chi connectivity index (χ1n) is 4.92. The Labute approximate surface area is 73.0 Å². The van der Waals surface area contributed by atoms with Gasteiger partial charge in [0.1, 0.15) is 0 Å². The lowest BCUT2D eigenvalue weighted by Crippen LogP contribution is -2.17. The van der Waals surface area contributed by atoms with Crippen LogP contribution < -0.4 is 0 Å². The monoisotopic (exact) mass is 168 g/mol. The highest BCUT2D eigenvalue weighted by molar-refractivity contribution is 5.67. The summed E-state index contributed by atoms with van der Waals surface area (Å²) < 4.78 is 0. The van der Waals surface area contributed by atoms with E-state index in [2.05, 4.69) is 0 Å². The van der Waals surface area contributed by atoms with Crippen molar-refractivity contribution < 1.29 is 9.90 Å². The molecule has 2 aliphatic rings. The fraction of sp³-hybridized carbons (Fsp3) is 0.900. The lowest BCUT2D eigenvalue weighted by molar-refractivity contribution is -0.138. The first kappa shape index (κ1) is 8.09. The van der Waals surface area contributed by atoms with Crippen LogP contribution in [0.25, 0.3) is 0 Å². The molecule has 2 aliphatic carbocycles. The Morgan fingerprint density at radius 3 is 2.25 bits per heavy atom. The van der Waals surface area contributed by atoms with E-state index in [1.54, 1.807) is 0 Å². The van der Waals surface area contributed by atoms with E-state index in [0.29, 0.717) is 17.8 Å². The Balaban J connectivity index is 1.78. The number of hydrogen-bond donors (Lipinski definition) is 1. The third-order valence-corrected chi connectivity index (χ3v) is 3.59. The highest BCUT2D eigenvalue weighted by atomic mass is 16.4. The topological polar surface area (TPSA) is 37.3 Å². The highest BCUT2D eigenvalue weighted by Gasteiger charge is 2.44. The first-order chi connectivity index (χ1) is 5.70. The lowest BCUT2D eigenvalue weighted by atomic mass is 9.78. The molecule has 1 spiro atoms. The van der Waals surface area contributed by atoms with Crippen LogP contribution in [0.4, 0.5) is 0 Å². The molecule has 0 bridgehead atoms. The van der Waals surface area contributed by atoms with Gasteiger partial charge >= 0.3 is 5.97 Å². The Morgan fingerprint density at radius 1 is 1.25 bits per heavy atom. The minimum atomic E-state index is -0.619. The molecule has 0 aromatic rings. The lowest BCUT2D eigenvalue weighted by Gasteiger charge is -2.27. The summed E-state index contributed by atoms with van der Waals surface area (Å²) in [6.07, 6.45) is 8.13. The zero-order chi connectivity index (χ0) is 8.60. The molecule has 0 amide bonds. The Hall–Kier alpha value is -0.530. The average molecular weight is 168 g/mol. The van der Waals surface area contributed by atoms with Crippen molar-refractivity contribution >= 4 is 5.97 Å². The van der Waals surface area contributed by atoms with Crippen LogP contribution in [0.5, 0.6) is 0 Å². The van der Waals surface area contributed by atoms with Crippen LogP contribution in [-0.4, -0.2) is 11.1 Å². The van der Waals surface area contributed by atoms with Gasteiger partial charge in [-0.05, 0) is 49.9 Å². The summed E-state index contributed by atoms with van der Waals surface area (Å²) in [5.41, 5.74) is 0.703. The van der Waals surface area contributed by atoms with E-state index in [4.69, 9.17) is 5.11 Å².